The molecule has 0 aliphatic rings. The minimum absolute atomic E-state index is 0.0441. The predicted octanol–water partition coefficient (Wildman–Crippen LogP) is 5.53. The third kappa shape index (κ3) is 3.33. The van der Waals surface area contributed by atoms with E-state index in [-0.39, 0.29) is 5.78 Å². The number of hydrogen-bond acceptors (Lipinski definition) is 4. The second-order valence-corrected chi connectivity index (χ2v) is 7.06. The van der Waals surface area contributed by atoms with Gasteiger partial charge in [0.05, 0.1) is 16.9 Å². The first-order valence-corrected chi connectivity index (χ1v) is 9.19. The zero-order chi connectivity index (χ0) is 16.2. The van der Waals surface area contributed by atoms with E-state index >= 15 is 0 Å². The zero-order valence-electron chi connectivity index (χ0n) is 12.9. The topological polar surface area (TPSA) is 26.3 Å². The molecule has 0 aliphatic heterocycles. The predicted molar refractivity (Wildman–Crippen MR) is 100.0 cm³/mol. The Balaban J connectivity index is 1.92. The van der Waals surface area contributed by atoms with Gasteiger partial charge in [0.1, 0.15) is 5.75 Å². The van der Waals surface area contributed by atoms with Crippen molar-refractivity contribution in [1.29, 1.82) is 0 Å². The maximum Gasteiger partial charge on any atom is 0.188 e. The van der Waals surface area contributed by atoms with E-state index in [1.165, 1.54) is 0 Å². The number of hydrogen-bond donors (Lipinski definition) is 0. The Morgan fingerprint density at radius 2 is 1.87 bits per heavy atom. The lowest BCUT2D eigenvalue weighted by Crippen LogP contribution is -1.94. The molecule has 0 atom stereocenters. The smallest absolute Gasteiger partial charge is 0.188 e. The van der Waals surface area contributed by atoms with Gasteiger partial charge in [0.2, 0.25) is 0 Å². The summed E-state index contributed by atoms with van der Waals surface area (Å²) in [5, 5.41) is 1.03. The summed E-state index contributed by atoms with van der Waals surface area (Å²) in [6.45, 7) is 0. The van der Waals surface area contributed by atoms with E-state index in [4.69, 9.17) is 4.74 Å². The lowest BCUT2D eigenvalue weighted by atomic mass is 10.1. The van der Waals surface area contributed by atoms with E-state index in [2.05, 4.69) is 6.07 Å². The summed E-state index contributed by atoms with van der Waals surface area (Å²) in [4.78, 5) is 12.7. The normalized spacial score (nSPS) is 11.2. The molecule has 2 nitrogen and oxygen atoms in total. The molecule has 0 saturated heterocycles. The molecular formula is C19H16O2S2. The fraction of sp³-hybridized carbons (Fsp3) is 0.105. The monoisotopic (exact) mass is 340 g/mol. The van der Waals surface area contributed by atoms with Crippen LogP contribution < -0.4 is 4.74 Å². The van der Waals surface area contributed by atoms with Gasteiger partial charge in [0, 0.05) is 10.1 Å². The molecule has 3 rings (SSSR count). The van der Waals surface area contributed by atoms with Gasteiger partial charge < -0.3 is 4.74 Å². The largest absolute Gasteiger partial charge is 0.497 e. The fourth-order valence-corrected chi connectivity index (χ4v) is 4.33. The molecule has 0 amide bonds. The second kappa shape index (κ2) is 7.02. The maximum absolute atomic E-state index is 12.7. The van der Waals surface area contributed by atoms with Crippen molar-refractivity contribution in [2.45, 2.75) is 4.21 Å². The van der Waals surface area contributed by atoms with Crippen molar-refractivity contribution in [2.75, 3.05) is 13.4 Å². The van der Waals surface area contributed by atoms with Crippen LogP contribution in [0.2, 0.25) is 0 Å². The highest BCUT2D eigenvalue weighted by atomic mass is 32.2. The summed E-state index contributed by atoms with van der Waals surface area (Å²) in [5.41, 5.74) is 1.78. The lowest BCUT2D eigenvalue weighted by molar-refractivity contribution is 0.104. The van der Waals surface area contributed by atoms with E-state index in [9.17, 15) is 4.79 Å². The molecule has 0 fully saturated rings. The number of carbonyl (C=O) groups excluding carboxylic acids is 1. The van der Waals surface area contributed by atoms with Crippen molar-refractivity contribution in [3.05, 3.63) is 65.7 Å². The molecule has 0 aliphatic carbocycles. The molecule has 4 heteroatoms. The number of thioether (sulfide) groups is 1. The van der Waals surface area contributed by atoms with Crippen LogP contribution in [0, 0.1) is 0 Å². The molecule has 0 saturated carbocycles. The molecule has 0 unspecified atom stereocenters. The molecule has 0 N–H and O–H groups in total. The first-order valence-electron chi connectivity index (χ1n) is 7.15. The van der Waals surface area contributed by atoms with Gasteiger partial charge in [-0.1, -0.05) is 36.4 Å². The van der Waals surface area contributed by atoms with E-state index in [1.54, 1.807) is 36.3 Å². The first-order chi connectivity index (χ1) is 11.2. The average Bonchev–Trinajstić information content (AvgIpc) is 2.98. The number of allylic oxidation sites excluding steroid dienone is 1. The summed E-state index contributed by atoms with van der Waals surface area (Å²) in [6, 6.07) is 15.7. The van der Waals surface area contributed by atoms with Gasteiger partial charge in [0.15, 0.2) is 5.78 Å². The van der Waals surface area contributed by atoms with Gasteiger partial charge in [0.25, 0.3) is 0 Å². The fourth-order valence-electron chi connectivity index (χ4n) is 2.37. The van der Waals surface area contributed by atoms with Gasteiger partial charge in [-0.3, -0.25) is 4.79 Å². The minimum Gasteiger partial charge on any atom is -0.497 e. The van der Waals surface area contributed by atoms with Crippen molar-refractivity contribution >= 4 is 45.0 Å². The Hall–Kier alpha value is -2.04. The number of ketones is 1. The van der Waals surface area contributed by atoms with Crippen LogP contribution in [-0.2, 0) is 0 Å². The van der Waals surface area contributed by atoms with Crippen LogP contribution in [0.3, 0.4) is 0 Å². The number of methoxy groups -OCH3 is 1. The van der Waals surface area contributed by atoms with Crippen molar-refractivity contribution in [2.24, 2.45) is 0 Å². The van der Waals surface area contributed by atoms with Crippen LogP contribution >= 0.6 is 23.1 Å². The maximum atomic E-state index is 12.7. The highest BCUT2D eigenvalue weighted by Gasteiger charge is 2.16. The van der Waals surface area contributed by atoms with E-state index < -0.39 is 0 Å². The molecule has 0 radical (unpaired) electrons. The number of benzene rings is 2. The number of fused-ring (bicyclic) bond motifs is 1. The average molecular weight is 340 g/mol. The Bertz CT molecular complexity index is 861. The molecule has 0 bridgehead atoms. The van der Waals surface area contributed by atoms with Gasteiger partial charge in [-0.05, 0) is 36.1 Å². The van der Waals surface area contributed by atoms with E-state index in [1.807, 2.05) is 54.8 Å². The van der Waals surface area contributed by atoms with Crippen LogP contribution in [0.15, 0.2) is 58.8 Å². The Morgan fingerprint density at radius 1 is 1.13 bits per heavy atom. The van der Waals surface area contributed by atoms with Crippen LogP contribution in [0.4, 0.5) is 0 Å². The summed E-state index contributed by atoms with van der Waals surface area (Å²) in [6.07, 6.45) is 5.50. The van der Waals surface area contributed by atoms with Gasteiger partial charge in [-0.2, -0.15) is 0 Å². The standard InChI is InChI=1S/C19H16O2S2/c1-21-14-10-7-13(8-11-14)9-12-16(20)18-15-5-3-4-6-17(15)23-19(18)22-2/h3-12H,1-2H3/b12-9+. The van der Waals surface area contributed by atoms with E-state index in [0.717, 1.165) is 31.2 Å². The van der Waals surface area contributed by atoms with Crippen LogP contribution in [0.25, 0.3) is 16.2 Å². The summed E-state index contributed by atoms with van der Waals surface area (Å²) >= 11 is 3.29. The van der Waals surface area contributed by atoms with Crippen molar-refractivity contribution in [3.8, 4) is 5.75 Å². The van der Waals surface area contributed by atoms with Crippen molar-refractivity contribution < 1.29 is 9.53 Å². The first kappa shape index (κ1) is 15.8. The van der Waals surface area contributed by atoms with Gasteiger partial charge >= 0.3 is 0 Å². The Kier molecular flexibility index (Phi) is 4.84. The quantitative estimate of drug-likeness (QED) is 0.347. The molecule has 1 heterocycles. The lowest BCUT2D eigenvalue weighted by Gasteiger charge is -2.00. The van der Waals surface area contributed by atoms with Crippen LogP contribution in [0.5, 0.6) is 5.75 Å². The second-order valence-electron chi connectivity index (χ2n) is 4.94. The summed E-state index contributed by atoms with van der Waals surface area (Å²) in [7, 11) is 1.64. The van der Waals surface area contributed by atoms with Gasteiger partial charge in [-0.15, -0.1) is 23.1 Å². The highest BCUT2D eigenvalue weighted by molar-refractivity contribution is 8.00. The SMILES string of the molecule is COc1ccc(/C=C/C(=O)c2c(SC)sc3ccccc23)cc1. The van der Waals surface area contributed by atoms with E-state index in [0.29, 0.717) is 0 Å². The molecule has 1 aromatic heterocycles. The Morgan fingerprint density at radius 3 is 2.57 bits per heavy atom. The zero-order valence-corrected chi connectivity index (χ0v) is 14.5. The Labute approximate surface area is 143 Å². The van der Waals surface area contributed by atoms with Crippen LogP contribution in [-0.4, -0.2) is 19.1 Å². The molecule has 2 aromatic carbocycles. The van der Waals surface area contributed by atoms with Crippen molar-refractivity contribution in [1.82, 2.24) is 0 Å². The highest BCUT2D eigenvalue weighted by Crippen LogP contribution is 2.37. The number of ether oxygens (including phenoxy) is 1. The van der Waals surface area contributed by atoms with Gasteiger partial charge in [-0.25, -0.2) is 0 Å². The summed E-state index contributed by atoms with van der Waals surface area (Å²) < 4.78 is 7.36. The molecule has 0 spiro atoms. The molecule has 3 aromatic rings. The molecule has 116 valence electrons. The van der Waals surface area contributed by atoms with Crippen LogP contribution in [0.1, 0.15) is 15.9 Å². The molecule has 23 heavy (non-hydrogen) atoms. The molecular weight excluding hydrogens is 324 g/mol. The summed E-state index contributed by atoms with van der Waals surface area (Å²) in [5.74, 6) is 0.851. The number of thiophene rings is 1. The number of rotatable bonds is 5. The number of carbonyl (C=O) groups is 1. The third-order valence-electron chi connectivity index (χ3n) is 3.54. The van der Waals surface area contributed by atoms with Crippen molar-refractivity contribution in [3.63, 3.8) is 0 Å². The minimum atomic E-state index is 0.0441. The third-order valence-corrected chi connectivity index (χ3v) is 5.83.